The summed E-state index contributed by atoms with van der Waals surface area (Å²) in [5, 5.41) is 15.7. The average molecular weight is 325 g/mol. The number of amides is 1. The Labute approximate surface area is 138 Å². The first-order valence-corrected chi connectivity index (χ1v) is 7.43. The van der Waals surface area contributed by atoms with Crippen molar-refractivity contribution in [2.45, 2.75) is 13.0 Å². The lowest BCUT2D eigenvalue weighted by Crippen LogP contribution is -2.27. The summed E-state index contributed by atoms with van der Waals surface area (Å²) in [6.07, 6.45) is 0. The highest BCUT2D eigenvalue weighted by Crippen LogP contribution is 2.20. The minimum atomic E-state index is -0.440. The van der Waals surface area contributed by atoms with Gasteiger partial charge in [-0.15, -0.1) is 10.2 Å². The van der Waals surface area contributed by atoms with Crippen LogP contribution in [-0.2, 0) is 0 Å². The molecule has 7 heteroatoms. The lowest BCUT2D eigenvalue weighted by molar-refractivity contribution is 0.0935. The van der Waals surface area contributed by atoms with Crippen LogP contribution < -0.4 is 10.6 Å². The zero-order chi connectivity index (χ0) is 16.9. The highest BCUT2D eigenvalue weighted by molar-refractivity contribution is 5.97. The molecule has 0 spiro atoms. The van der Waals surface area contributed by atoms with Crippen molar-refractivity contribution in [3.05, 3.63) is 71.7 Å². The van der Waals surface area contributed by atoms with E-state index in [2.05, 4.69) is 26.0 Å². The van der Waals surface area contributed by atoms with Crippen LogP contribution in [0.25, 0.3) is 0 Å². The largest absolute Gasteiger partial charge is 0.344 e. The normalized spacial score (nSPS) is 11.8. The molecular weight excluding hydrogens is 309 g/mol. The van der Waals surface area contributed by atoms with Crippen molar-refractivity contribution in [3.63, 3.8) is 0 Å². The topological polar surface area (TPSA) is 82.7 Å². The Bertz CT molecular complexity index is 834. The predicted octanol–water partition coefficient (Wildman–Crippen LogP) is 3.18. The molecule has 0 aliphatic heterocycles. The Hall–Kier alpha value is -3.22. The van der Waals surface area contributed by atoms with E-state index in [0.717, 1.165) is 5.56 Å². The molecule has 0 fully saturated rings. The molecule has 3 aromatic rings. The van der Waals surface area contributed by atoms with Gasteiger partial charge in [0.1, 0.15) is 5.82 Å². The molecule has 1 heterocycles. The number of halogens is 1. The number of aromatic nitrogens is 3. The smallest absolute Gasteiger partial charge is 0.276 e. The van der Waals surface area contributed by atoms with Gasteiger partial charge in [-0.2, -0.15) is 5.21 Å². The summed E-state index contributed by atoms with van der Waals surface area (Å²) in [5.74, 6) is -0.679. The van der Waals surface area contributed by atoms with Crippen LogP contribution in [-0.4, -0.2) is 21.3 Å². The van der Waals surface area contributed by atoms with Crippen LogP contribution in [0.4, 0.5) is 15.9 Å². The molecule has 0 unspecified atom stereocenters. The summed E-state index contributed by atoms with van der Waals surface area (Å²) >= 11 is 0. The first-order chi connectivity index (χ1) is 11.6. The third-order valence-corrected chi connectivity index (χ3v) is 3.54. The highest BCUT2D eigenvalue weighted by atomic mass is 19.1. The number of nitrogens with one attached hydrogen (secondary N) is 3. The Kier molecular flexibility index (Phi) is 4.51. The summed E-state index contributed by atoms with van der Waals surface area (Å²) in [4.78, 5) is 12.4. The minimum absolute atomic E-state index is 0.0704. The fraction of sp³-hybridized carbons (Fsp3) is 0.118. The van der Waals surface area contributed by atoms with Crippen molar-refractivity contribution >= 4 is 17.4 Å². The number of benzene rings is 2. The quantitative estimate of drug-likeness (QED) is 0.673. The maximum absolute atomic E-state index is 13.7. The molecule has 0 saturated carbocycles. The molecule has 0 bridgehead atoms. The fourth-order valence-corrected chi connectivity index (χ4v) is 2.26. The number of carbonyl (C=O) groups is 1. The second-order valence-corrected chi connectivity index (χ2v) is 5.23. The zero-order valence-electron chi connectivity index (χ0n) is 13.0. The number of aromatic amines is 1. The number of rotatable bonds is 5. The molecule has 1 aromatic heterocycles. The molecule has 0 saturated heterocycles. The van der Waals surface area contributed by atoms with Crippen molar-refractivity contribution in [2.24, 2.45) is 0 Å². The molecule has 2 aromatic carbocycles. The monoisotopic (exact) mass is 325 g/mol. The number of para-hydroxylation sites is 1. The maximum atomic E-state index is 13.7. The number of anilines is 2. The van der Waals surface area contributed by atoms with Gasteiger partial charge >= 0.3 is 0 Å². The van der Waals surface area contributed by atoms with Gasteiger partial charge in [-0.3, -0.25) is 4.79 Å². The minimum Gasteiger partial charge on any atom is -0.344 e. The summed E-state index contributed by atoms with van der Waals surface area (Å²) in [5.41, 5.74) is 1.26. The molecule has 122 valence electrons. The Morgan fingerprint density at radius 1 is 1.08 bits per heavy atom. The molecule has 0 aliphatic rings. The van der Waals surface area contributed by atoms with Gasteiger partial charge in [0.15, 0.2) is 11.5 Å². The van der Waals surface area contributed by atoms with Gasteiger partial charge in [0.05, 0.1) is 11.7 Å². The number of hydrogen-bond donors (Lipinski definition) is 3. The third-order valence-electron chi connectivity index (χ3n) is 3.54. The van der Waals surface area contributed by atoms with E-state index in [0.29, 0.717) is 0 Å². The number of hydrogen-bond acceptors (Lipinski definition) is 4. The number of carbonyl (C=O) groups excluding carboxylic acids is 1. The van der Waals surface area contributed by atoms with E-state index < -0.39 is 11.7 Å². The third kappa shape index (κ3) is 3.40. The van der Waals surface area contributed by atoms with E-state index in [1.807, 2.05) is 37.3 Å². The highest BCUT2D eigenvalue weighted by Gasteiger charge is 2.19. The molecule has 24 heavy (non-hydrogen) atoms. The van der Waals surface area contributed by atoms with E-state index in [9.17, 15) is 9.18 Å². The zero-order valence-corrected chi connectivity index (χ0v) is 13.0. The lowest BCUT2D eigenvalue weighted by Gasteiger charge is -2.13. The number of nitrogens with zero attached hydrogens (tertiary/aromatic N) is 2. The van der Waals surface area contributed by atoms with E-state index in [4.69, 9.17) is 0 Å². The average Bonchev–Trinajstić information content (AvgIpc) is 3.06. The Balaban J connectivity index is 1.75. The molecule has 0 radical (unpaired) electrons. The van der Waals surface area contributed by atoms with Crippen molar-refractivity contribution in [1.29, 1.82) is 0 Å². The van der Waals surface area contributed by atoms with Crippen LogP contribution in [0.1, 0.15) is 29.0 Å². The molecular formula is C17H16FN5O. The van der Waals surface area contributed by atoms with Gasteiger partial charge in [-0.1, -0.05) is 42.5 Å². The van der Waals surface area contributed by atoms with Crippen molar-refractivity contribution in [3.8, 4) is 0 Å². The van der Waals surface area contributed by atoms with Crippen molar-refractivity contribution < 1.29 is 9.18 Å². The maximum Gasteiger partial charge on any atom is 0.276 e. The Morgan fingerprint density at radius 3 is 2.54 bits per heavy atom. The standard InChI is InChI=1S/C17H16FN5O/c1-11(12-7-3-2-4-8-12)19-17(24)15-16(22-23-21-15)20-14-10-6-5-9-13(14)18/h2-11H,1H3,(H,19,24)(H2,20,21,22,23)/t11-/m0/s1. The molecule has 6 nitrogen and oxygen atoms in total. The summed E-state index contributed by atoms with van der Waals surface area (Å²) in [7, 11) is 0. The molecule has 1 amide bonds. The van der Waals surface area contributed by atoms with E-state index >= 15 is 0 Å². The molecule has 3 N–H and O–H groups in total. The van der Waals surface area contributed by atoms with Gasteiger partial charge in [0, 0.05) is 0 Å². The first-order valence-electron chi connectivity index (χ1n) is 7.43. The molecule has 3 rings (SSSR count). The van der Waals surface area contributed by atoms with Crippen LogP contribution in [0.3, 0.4) is 0 Å². The fourth-order valence-electron chi connectivity index (χ4n) is 2.26. The van der Waals surface area contributed by atoms with Gasteiger partial charge in [0.2, 0.25) is 0 Å². The summed E-state index contributed by atoms with van der Waals surface area (Å²) in [6, 6.07) is 15.5. The first kappa shape index (κ1) is 15.7. The van der Waals surface area contributed by atoms with Crippen molar-refractivity contribution in [2.75, 3.05) is 5.32 Å². The summed E-state index contributed by atoms with van der Waals surface area (Å²) in [6.45, 7) is 1.87. The second-order valence-electron chi connectivity index (χ2n) is 5.23. The number of H-pyrrole nitrogens is 1. The van der Waals surface area contributed by atoms with Gasteiger partial charge in [0.25, 0.3) is 5.91 Å². The van der Waals surface area contributed by atoms with Crippen LogP contribution in [0.2, 0.25) is 0 Å². The lowest BCUT2D eigenvalue weighted by atomic mass is 10.1. The Morgan fingerprint density at radius 2 is 1.79 bits per heavy atom. The van der Waals surface area contributed by atoms with E-state index in [1.54, 1.807) is 18.2 Å². The molecule has 1 atom stereocenters. The van der Waals surface area contributed by atoms with E-state index in [-0.39, 0.29) is 23.2 Å². The van der Waals surface area contributed by atoms with Crippen LogP contribution >= 0.6 is 0 Å². The van der Waals surface area contributed by atoms with Crippen molar-refractivity contribution in [1.82, 2.24) is 20.7 Å². The van der Waals surface area contributed by atoms with Gasteiger partial charge < -0.3 is 10.6 Å². The molecule has 0 aliphatic carbocycles. The van der Waals surface area contributed by atoms with Crippen LogP contribution in [0.5, 0.6) is 0 Å². The second kappa shape index (κ2) is 6.91. The van der Waals surface area contributed by atoms with Crippen LogP contribution in [0.15, 0.2) is 54.6 Å². The van der Waals surface area contributed by atoms with E-state index in [1.165, 1.54) is 6.07 Å². The van der Waals surface area contributed by atoms with Crippen LogP contribution in [0, 0.1) is 5.82 Å². The van der Waals surface area contributed by atoms with Gasteiger partial charge in [-0.05, 0) is 24.6 Å². The summed E-state index contributed by atoms with van der Waals surface area (Å²) < 4.78 is 13.7. The van der Waals surface area contributed by atoms with Gasteiger partial charge in [-0.25, -0.2) is 4.39 Å². The SMILES string of the molecule is C[C@H](NC(=O)c1n[nH]nc1Nc1ccccc1F)c1ccccc1. The predicted molar refractivity (Wildman–Crippen MR) is 88.4 cm³/mol.